The molecule has 8 aromatic carbocycles. The van der Waals surface area contributed by atoms with Gasteiger partial charge in [-0.15, -0.1) is 0 Å². The lowest BCUT2D eigenvalue weighted by atomic mass is 9.80. The molecule has 1 aliphatic rings. The fourth-order valence-corrected chi connectivity index (χ4v) is 10.9. The minimum atomic E-state index is -0.232. The van der Waals surface area contributed by atoms with Crippen LogP contribution in [0.3, 0.4) is 0 Å². The maximum absolute atomic E-state index is 7.16. The number of hydrogen-bond donors (Lipinski definition) is 0. The second kappa shape index (κ2) is 18.7. The lowest BCUT2D eigenvalue weighted by Gasteiger charge is -2.29. The van der Waals surface area contributed by atoms with Gasteiger partial charge in [-0.3, -0.25) is 4.57 Å². The maximum atomic E-state index is 7.16. The van der Waals surface area contributed by atoms with Crippen molar-refractivity contribution >= 4 is 44.6 Å². The van der Waals surface area contributed by atoms with Crippen LogP contribution in [0.1, 0.15) is 111 Å². The van der Waals surface area contributed by atoms with Gasteiger partial charge in [-0.1, -0.05) is 192 Å². The quantitative estimate of drug-likeness (QED) is 0.152. The molecular formula is C71H72N4O. The Bertz CT molecular complexity index is 3770. The van der Waals surface area contributed by atoms with E-state index in [1.807, 2.05) is 0 Å². The van der Waals surface area contributed by atoms with Crippen molar-refractivity contribution in [2.24, 2.45) is 0 Å². The Labute approximate surface area is 451 Å². The monoisotopic (exact) mass is 997 g/mol. The molecule has 76 heavy (non-hydrogen) atoms. The number of nitrogens with zero attached hydrogens (tertiary/aromatic N) is 4. The number of rotatable bonds is 8. The van der Waals surface area contributed by atoms with Gasteiger partial charge in [0.1, 0.15) is 24.0 Å². The van der Waals surface area contributed by atoms with E-state index in [1.165, 1.54) is 77.8 Å². The average Bonchev–Trinajstić information content (AvgIpc) is 4.10. The lowest BCUT2D eigenvalue weighted by Crippen LogP contribution is -2.25. The molecule has 11 rings (SSSR count). The van der Waals surface area contributed by atoms with Crippen LogP contribution in [0, 0.1) is 6.92 Å². The summed E-state index contributed by atoms with van der Waals surface area (Å²) in [5, 5.41) is 2.39. The second-order valence-corrected chi connectivity index (χ2v) is 25.2. The molecule has 5 nitrogen and oxygen atoms in total. The zero-order valence-corrected chi connectivity index (χ0v) is 46.8. The van der Waals surface area contributed by atoms with Crippen LogP contribution in [-0.4, -0.2) is 16.2 Å². The number of fused-ring (bicyclic) bond motifs is 4. The van der Waals surface area contributed by atoms with Crippen LogP contribution < -0.4 is 14.5 Å². The Morgan fingerprint density at radius 1 is 0.421 bits per heavy atom. The Morgan fingerprint density at radius 2 is 1.01 bits per heavy atom. The fraction of sp³-hybridized carbons (Fsp3) is 0.254. The number of anilines is 4. The van der Waals surface area contributed by atoms with Crippen molar-refractivity contribution in [3.8, 4) is 50.7 Å². The van der Waals surface area contributed by atoms with Crippen molar-refractivity contribution in [1.29, 1.82) is 0 Å². The standard InChI is InChI=1S/C71H72N4O/c1-46-35-66(72-44-60(46)49-27-31-52(32-28-49)68(2,3)4)75-62-33-29-50(47-21-16-14-17-22-47)36-59(62)67-61(71(11,12)13)42-58(43-65(67)75)76-57-26-20-25-55(41-57)73-45-74(56-39-53(69(5,6)7)38-54(40-56)70(8,9)10)63-34-30-51(37-64(63)73)48-23-18-15-19-24-48/h14-44H,45H2,1-13H3. The molecule has 0 amide bonds. The van der Waals surface area contributed by atoms with Gasteiger partial charge in [-0.25, -0.2) is 4.98 Å². The minimum absolute atomic E-state index is 0.0180. The third kappa shape index (κ3) is 9.57. The van der Waals surface area contributed by atoms with Crippen molar-refractivity contribution in [3.05, 3.63) is 216 Å². The lowest BCUT2D eigenvalue weighted by molar-refractivity contribution is 0.480. The molecule has 0 saturated carbocycles. The summed E-state index contributed by atoms with van der Waals surface area (Å²) in [6.45, 7) is 30.4. The van der Waals surface area contributed by atoms with Crippen LogP contribution in [0.15, 0.2) is 188 Å². The van der Waals surface area contributed by atoms with E-state index in [9.17, 15) is 0 Å². The number of aryl methyl sites for hydroxylation is 1. The van der Waals surface area contributed by atoms with Crippen molar-refractivity contribution in [2.75, 3.05) is 16.5 Å². The van der Waals surface area contributed by atoms with Crippen LogP contribution >= 0.6 is 0 Å². The van der Waals surface area contributed by atoms with E-state index in [2.05, 4.69) is 293 Å². The smallest absolute Gasteiger partial charge is 0.137 e. The zero-order valence-electron chi connectivity index (χ0n) is 46.8. The molecule has 0 unspecified atom stereocenters. The normalized spacial score (nSPS) is 13.2. The first-order chi connectivity index (χ1) is 36.1. The molecule has 0 N–H and O–H groups in total. The third-order valence-electron chi connectivity index (χ3n) is 15.4. The number of aromatic nitrogens is 2. The highest BCUT2D eigenvalue weighted by Crippen LogP contribution is 2.49. The Kier molecular flexibility index (Phi) is 12.4. The molecule has 1 aliphatic heterocycles. The highest BCUT2D eigenvalue weighted by molar-refractivity contribution is 6.13. The topological polar surface area (TPSA) is 33.5 Å². The van der Waals surface area contributed by atoms with Gasteiger partial charge in [0.15, 0.2) is 0 Å². The third-order valence-corrected chi connectivity index (χ3v) is 15.4. The summed E-state index contributed by atoms with van der Waals surface area (Å²) in [6, 6.07) is 66.7. The molecule has 0 atom stereocenters. The Hall–Kier alpha value is -7.89. The van der Waals surface area contributed by atoms with Gasteiger partial charge < -0.3 is 14.5 Å². The first kappa shape index (κ1) is 50.3. The molecule has 0 aliphatic carbocycles. The Morgan fingerprint density at radius 3 is 1.62 bits per heavy atom. The first-order valence-electron chi connectivity index (χ1n) is 27.0. The molecule has 5 heteroatoms. The van der Waals surface area contributed by atoms with Gasteiger partial charge >= 0.3 is 0 Å². The molecule has 0 fully saturated rings. The molecule has 0 radical (unpaired) electrons. The molecule has 10 aromatic rings. The van der Waals surface area contributed by atoms with E-state index in [0.29, 0.717) is 6.67 Å². The van der Waals surface area contributed by atoms with Gasteiger partial charge in [0.05, 0.1) is 22.4 Å². The summed E-state index contributed by atoms with van der Waals surface area (Å²) >= 11 is 0. The molecular weight excluding hydrogens is 925 g/mol. The number of benzene rings is 8. The molecule has 382 valence electrons. The van der Waals surface area contributed by atoms with E-state index in [0.717, 1.165) is 45.3 Å². The number of ether oxygens (including phenoxy) is 1. The van der Waals surface area contributed by atoms with Crippen molar-refractivity contribution in [1.82, 2.24) is 9.55 Å². The molecule has 2 aromatic heterocycles. The van der Waals surface area contributed by atoms with Crippen LogP contribution in [0.4, 0.5) is 22.7 Å². The Balaban J connectivity index is 1.03. The SMILES string of the molecule is Cc1cc(-n2c3ccc(-c4ccccc4)cc3c3c(C(C)(C)C)cc(Oc4cccc(N5CN(c6cc(C(C)(C)C)cc(C(C)(C)C)c6)c6ccc(-c7ccccc7)cc65)c4)cc32)ncc1-c1ccc(C(C)(C)C)cc1. The van der Waals surface area contributed by atoms with Crippen molar-refractivity contribution in [3.63, 3.8) is 0 Å². The largest absolute Gasteiger partial charge is 0.457 e. The molecule has 0 spiro atoms. The van der Waals surface area contributed by atoms with Crippen molar-refractivity contribution < 1.29 is 4.74 Å². The second-order valence-electron chi connectivity index (χ2n) is 25.2. The maximum Gasteiger partial charge on any atom is 0.137 e. The fourth-order valence-electron chi connectivity index (χ4n) is 10.9. The first-order valence-corrected chi connectivity index (χ1v) is 27.0. The van der Waals surface area contributed by atoms with Gasteiger partial charge in [0.25, 0.3) is 0 Å². The van der Waals surface area contributed by atoms with Gasteiger partial charge in [-0.2, -0.15) is 0 Å². The van der Waals surface area contributed by atoms with Crippen LogP contribution in [0.5, 0.6) is 11.5 Å². The summed E-state index contributed by atoms with van der Waals surface area (Å²) in [4.78, 5) is 10.2. The summed E-state index contributed by atoms with van der Waals surface area (Å²) < 4.78 is 9.51. The van der Waals surface area contributed by atoms with E-state index in [4.69, 9.17) is 9.72 Å². The average molecular weight is 997 g/mol. The minimum Gasteiger partial charge on any atom is -0.457 e. The van der Waals surface area contributed by atoms with E-state index < -0.39 is 0 Å². The van der Waals surface area contributed by atoms with E-state index in [1.54, 1.807) is 0 Å². The predicted octanol–water partition coefficient (Wildman–Crippen LogP) is 19.7. The van der Waals surface area contributed by atoms with Gasteiger partial charge in [-0.05, 0) is 145 Å². The number of hydrogen-bond acceptors (Lipinski definition) is 4. The summed E-state index contributed by atoms with van der Waals surface area (Å²) in [7, 11) is 0. The zero-order chi connectivity index (χ0) is 53.5. The van der Waals surface area contributed by atoms with Gasteiger partial charge in [0.2, 0.25) is 0 Å². The summed E-state index contributed by atoms with van der Waals surface area (Å²) in [5.41, 5.74) is 19.9. The van der Waals surface area contributed by atoms with Gasteiger partial charge in [0, 0.05) is 46.0 Å². The van der Waals surface area contributed by atoms with Crippen LogP contribution in [0.2, 0.25) is 0 Å². The molecule has 0 bridgehead atoms. The van der Waals surface area contributed by atoms with Crippen LogP contribution in [-0.2, 0) is 21.7 Å². The highest BCUT2D eigenvalue weighted by atomic mass is 16.5. The molecule has 3 heterocycles. The summed E-state index contributed by atoms with van der Waals surface area (Å²) in [5.74, 6) is 2.41. The number of pyridine rings is 1. The highest BCUT2D eigenvalue weighted by Gasteiger charge is 2.32. The summed E-state index contributed by atoms with van der Waals surface area (Å²) in [6.07, 6.45) is 2.05. The van der Waals surface area contributed by atoms with E-state index in [-0.39, 0.29) is 21.7 Å². The predicted molar refractivity (Wildman–Crippen MR) is 323 cm³/mol. The van der Waals surface area contributed by atoms with Crippen LogP contribution in [0.25, 0.3) is 61.0 Å². The van der Waals surface area contributed by atoms with E-state index >= 15 is 0 Å². The molecule has 0 saturated heterocycles. The van der Waals surface area contributed by atoms with Crippen molar-refractivity contribution in [2.45, 2.75) is 112 Å².